The Hall–Kier alpha value is -1.44. The van der Waals surface area contributed by atoms with Crippen molar-refractivity contribution >= 4 is 21.6 Å². The molecule has 7 heteroatoms. The summed E-state index contributed by atoms with van der Waals surface area (Å²) in [5, 5.41) is 2.82. The molecule has 0 radical (unpaired) electrons. The van der Waals surface area contributed by atoms with Crippen LogP contribution in [-0.4, -0.2) is 38.3 Å². The van der Waals surface area contributed by atoms with E-state index in [9.17, 15) is 13.2 Å². The molecule has 134 valence electrons. The van der Waals surface area contributed by atoms with E-state index in [1.165, 1.54) is 4.31 Å². The Labute approximate surface area is 144 Å². The first kappa shape index (κ1) is 18.9. The van der Waals surface area contributed by atoms with Gasteiger partial charge in [-0.3, -0.25) is 4.79 Å². The van der Waals surface area contributed by atoms with Crippen molar-refractivity contribution in [1.29, 1.82) is 0 Å². The number of rotatable bonds is 6. The Morgan fingerprint density at radius 3 is 2.67 bits per heavy atom. The molecule has 1 atom stereocenters. The maximum absolute atomic E-state index is 12.7. The van der Waals surface area contributed by atoms with Crippen LogP contribution in [0.5, 0.6) is 0 Å². The molecule has 0 bridgehead atoms. The van der Waals surface area contributed by atoms with E-state index in [1.54, 1.807) is 25.2 Å². The molecular formula is C17H27N3O3S. The van der Waals surface area contributed by atoms with Gasteiger partial charge in [-0.1, -0.05) is 13.8 Å². The third-order valence-corrected chi connectivity index (χ3v) is 6.40. The molecule has 1 heterocycles. The molecule has 0 fully saturated rings. The number of amides is 1. The smallest absolute Gasteiger partial charge is 0.242 e. The Balaban J connectivity index is 2.17. The molecule has 1 aromatic rings. The van der Waals surface area contributed by atoms with E-state index < -0.39 is 10.0 Å². The van der Waals surface area contributed by atoms with Crippen LogP contribution in [0.25, 0.3) is 0 Å². The molecule has 1 aromatic carbocycles. The third-order valence-electron chi connectivity index (χ3n) is 4.54. The molecular weight excluding hydrogens is 326 g/mol. The van der Waals surface area contributed by atoms with Crippen LogP contribution >= 0.6 is 0 Å². The van der Waals surface area contributed by atoms with Gasteiger partial charge in [0.1, 0.15) is 0 Å². The van der Waals surface area contributed by atoms with Crippen molar-refractivity contribution in [3.8, 4) is 0 Å². The van der Waals surface area contributed by atoms with Crippen LogP contribution in [0.15, 0.2) is 23.1 Å². The monoisotopic (exact) mass is 353 g/mol. The number of sulfonamides is 1. The summed E-state index contributed by atoms with van der Waals surface area (Å²) in [6.45, 7) is 4.44. The first-order valence-electron chi connectivity index (χ1n) is 8.36. The van der Waals surface area contributed by atoms with Gasteiger partial charge in [-0.05, 0) is 48.9 Å². The number of anilines is 1. The zero-order valence-corrected chi connectivity index (χ0v) is 15.4. The molecule has 2 rings (SSSR count). The summed E-state index contributed by atoms with van der Waals surface area (Å²) in [5.41, 5.74) is 7.59. The summed E-state index contributed by atoms with van der Waals surface area (Å²) < 4.78 is 26.9. The second-order valence-electron chi connectivity index (χ2n) is 6.74. The number of benzene rings is 1. The molecule has 0 aliphatic carbocycles. The fourth-order valence-electron chi connectivity index (χ4n) is 2.68. The standard InChI is InChI=1S/C17H27N3O3S/c1-12(2)15(18)9-10-20(3)24(22,23)14-7-8-16-13(11-14)5-4-6-17(21)19-16/h7-8,11-12,15H,4-6,9-10,18H2,1-3H3,(H,19,21). The van der Waals surface area contributed by atoms with Gasteiger partial charge in [-0.2, -0.15) is 0 Å². The molecule has 0 spiro atoms. The highest BCUT2D eigenvalue weighted by Gasteiger charge is 2.23. The predicted octanol–water partition coefficient (Wildman–Crippen LogP) is 1.96. The summed E-state index contributed by atoms with van der Waals surface area (Å²) in [6, 6.07) is 4.89. The van der Waals surface area contributed by atoms with Crippen molar-refractivity contribution in [3.05, 3.63) is 23.8 Å². The second-order valence-corrected chi connectivity index (χ2v) is 8.79. The van der Waals surface area contributed by atoms with Gasteiger partial charge >= 0.3 is 0 Å². The molecule has 3 N–H and O–H groups in total. The van der Waals surface area contributed by atoms with Gasteiger partial charge in [0, 0.05) is 31.7 Å². The van der Waals surface area contributed by atoms with Gasteiger partial charge in [-0.25, -0.2) is 12.7 Å². The molecule has 0 saturated carbocycles. The van der Waals surface area contributed by atoms with Crippen molar-refractivity contribution in [1.82, 2.24) is 4.31 Å². The zero-order chi connectivity index (χ0) is 17.9. The Kier molecular flexibility index (Phi) is 6.01. The van der Waals surface area contributed by atoms with Crippen molar-refractivity contribution < 1.29 is 13.2 Å². The number of hydrogen-bond donors (Lipinski definition) is 2. The number of carbonyl (C=O) groups excluding carboxylic acids is 1. The van der Waals surface area contributed by atoms with Gasteiger partial charge in [0.25, 0.3) is 0 Å². The van der Waals surface area contributed by atoms with Gasteiger partial charge in [0.2, 0.25) is 15.9 Å². The van der Waals surface area contributed by atoms with Gasteiger partial charge in [0.15, 0.2) is 0 Å². The molecule has 0 saturated heterocycles. The van der Waals surface area contributed by atoms with Crippen LogP contribution in [0, 0.1) is 5.92 Å². The lowest BCUT2D eigenvalue weighted by atomic mass is 10.0. The maximum atomic E-state index is 12.7. The lowest BCUT2D eigenvalue weighted by Crippen LogP contribution is -2.34. The van der Waals surface area contributed by atoms with Crippen molar-refractivity contribution in [3.63, 3.8) is 0 Å². The van der Waals surface area contributed by atoms with Crippen molar-refractivity contribution in [2.75, 3.05) is 18.9 Å². The van der Waals surface area contributed by atoms with E-state index in [0.29, 0.717) is 37.4 Å². The molecule has 1 unspecified atom stereocenters. The largest absolute Gasteiger partial charge is 0.327 e. The fourth-order valence-corrected chi connectivity index (χ4v) is 3.91. The quantitative estimate of drug-likeness (QED) is 0.817. The number of hydrogen-bond acceptors (Lipinski definition) is 4. The number of nitrogens with two attached hydrogens (primary N) is 1. The minimum absolute atomic E-state index is 0.0232. The summed E-state index contributed by atoms with van der Waals surface area (Å²) >= 11 is 0. The van der Waals surface area contributed by atoms with Crippen molar-refractivity contribution in [2.24, 2.45) is 11.7 Å². The maximum Gasteiger partial charge on any atom is 0.242 e. The average molecular weight is 353 g/mol. The normalized spacial score (nSPS) is 16.7. The van der Waals surface area contributed by atoms with E-state index in [1.807, 2.05) is 13.8 Å². The van der Waals surface area contributed by atoms with Crippen LogP contribution in [0.3, 0.4) is 0 Å². The van der Waals surface area contributed by atoms with E-state index in [2.05, 4.69) is 5.32 Å². The number of carbonyl (C=O) groups is 1. The summed E-state index contributed by atoms with van der Waals surface area (Å²) in [6.07, 6.45) is 2.50. The molecule has 1 amide bonds. The summed E-state index contributed by atoms with van der Waals surface area (Å²) in [4.78, 5) is 11.9. The van der Waals surface area contributed by atoms with Crippen LogP contribution in [0.4, 0.5) is 5.69 Å². The second kappa shape index (κ2) is 7.63. The van der Waals surface area contributed by atoms with Gasteiger partial charge < -0.3 is 11.1 Å². The molecule has 1 aliphatic heterocycles. The SMILES string of the molecule is CC(C)C(N)CCN(C)S(=O)(=O)c1ccc2c(c1)CCCC(=O)N2. The Morgan fingerprint density at radius 1 is 1.29 bits per heavy atom. The highest BCUT2D eigenvalue weighted by molar-refractivity contribution is 7.89. The highest BCUT2D eigenvalue weighted by atomic mass is 32.2. The molecule has 6 nitrogen and oxygen atoms in total. The van der Waals surface area contributed by atoms with Crippen LogP contribution in [0.2, 0.25) is 0 Å². The average Bonchev–Trinajstić information content (AvgIpc) is 2.71. The van der Waals surface area contributed by atoms with Crippen LogP contribution in [0.1, 0.15) is 38.7 Å². The number of nitrogens with zero attached hydrogens (tertiary/aromatic N) is 1. The highest BCUT2D eigenvalue weighted by Crippen LogP contribution is 2.26. The fraction of sp³-hybridized carbons (Fsp3) is 0.588. The zero-order valence-electron chi connectivity index (χ0n) is 14.6. The Morgan fingerprint density at radius 2 is 2.00 bits per heavy atom. The number of nitrogens with one attached hydrogen (secondary N) is 1. The van der Waals surface area contributed by atoms with Crippen LogP contribution < -0.4 is 11.1 Å². The van der Waals surface area contributed by atoms with E-state index >= 15 is 0 Å². The lowest BCUT2D eigenvalue weighted by molar-refractivity contribution is -0.116. The molecule has 0 aromatic heterocycles. The van der Waals surface area contributed by atoms with E-state index in [0.717, 1.165) is 12.0 Å². The number of fused-ring (bicyclic) bond motifs is 1. The minimum atomic E-state index is -3.55. The third kappa shape index (κ3) is 4.34. The van der Waals surface area contributed by atoms with E-state index in [-0.39, 0.29) is 16.8 Å². The number of aryl methyl sites for hydroxylation is 1. The topological polar surface area (TPSA) is 92.5 Å². The molecule has 24 heavy (non-hydrogen) atoms. The first-order valence-corrected chi connectivity index (χ1v) is 9.80. The van der Waals surface area contributed by atoms with Gasteiger partial charge in [0.05, 0.1) is 4.90 Å². The molecule has 1 aliphatic rings. The van der Waals surface area contributed by atoms with E-state index in [4.69, 9.17) is 5.73 Å². The minimum Gasteiger partial charge on any atom is -0.327 e. The lowest BCUT2D eigenvalue weighted by Gasteiger charge is -2.21. The predicted molar refractivity (Wildman–Crippen MR) is 95.3 cm³/mol. The van der Waals surface area contributed by atoms with Crippen LogP contribution in [-0.2, 0) is 21.2 Å². The van der Waals surface area contributed by atoms with Gasteiger partial charge in [-0.15, -0.1) is 0 Å². The summed E-state index contributed by atoms with van der Waals surface area (Å²) in [7, 11) is -1.97. The first-order chi connectivity index (χ1) is 11.2. The van der Waals surface area contributed by atoms with Crippen molar-refractivity contribution in [2.45, 2.75) is 50.5 Å². The summed E-state index contributed by atoms with van der Waals surface area (Å²) in [5.74, 6) is 0.293. The Bertz CT molecular complexity index is 701.